The summed E-state index contributed by atoms with van der Waals surface area (Å²) in [5.74, 6) is 0. The Hall–Kier alpha value is -1.68. The minimum Gasteiger partial charge on any atom is -0.327 e. The molecule has 1 heterocycles. The second-order valence-electron chi connectivity index (χ2n) is 3.21. The van der Waals surface area contributed by atoms with E-state index < -0.39 is 6.17 Å². The fraction of sp³-hybridized carbons (Fsp3) is 0.182. The van der Waals surface area contributed by atoms with Crippen LogP contribution in [0.1, 0.15) is 11.7 Å². The van der Waals surface area contributed by atoms with E-state index in [0.717, 1.165) is 5.69 Å². The number of para-hydroxylation sites is 1. The van der Waals surface area contributed by atoms with Crippen LogP contribution in [0.5, 0.6) is 0 Å². The maximum atomic E-state index is 13.6. The zero-order valence-electron chi connectivity index (χ0n) is 8.18. The second-order valence-corrected chi connectivity index (χ2v) is 3.21. The van der Waals surface area contributed by atoms with Gasteiger partial charge in [-0.2, -0.15) is 5.10 Å². The van der Waals surface area contributed by atoms with Crippen molar-refractivity contribution >= 4 is 0 Å². The van der Waals surface area contributed by atoms with E-state index in [2.05, 4.69) is 5.10 Å². The molecule has 0 radical (unpaired) electrons. The molecule has 1 aromatic carbocycles. The summed E-state index contributed by atoms with van der Waals surface area (Å²) < 4.78 is 15.2. The van der Waals surface area contributed by atoms with Crippen molar-refractivity contribution in [3.05, 3.63) is 48.3 Å². The largest absolute Gasteiger partial charge is 0.327 e. The summed E-state index contributed by atoms with van der Waals surface area (Å²) in [5, 5.41) is 4.07. The van der Waals surface area contributed by atoms with E-state index in [4.69, 9.17) is 5.73 Å². The van der Waals surface area contributed by atoms with E-state index in [1.807, 2.05) is 12.1 Å². The van der Waals surface area contributed by atoms with Gasteiger partial charge in [-0.3, -0.25) is 0 Å². The molecule has 0 aliphatic heterocycles. The highest BCUT2D eigenvalue weighted by molar-refractivity contribution is 5.41. The lowest BCUT2D eigenvalue weighted by Gasteiger charge is -2.11. The van der Waals surface area contributed by atoms with Gasteiger partial charge >= 0.3 is 0 Å². The summed E-state index contributed by atoms with van der Waals surface area (Å²) >= 11 is 0. The molecule has 4 heteroatoms. The predicted molar refractivity (Wildman–Crippen MR) is 56.5 cm³/mol. The highest BCUT2D eigenvalue weighted by Crippen LogP contribution is 2.22. The van der Waals surface area contributed by atoms with Gasteiger partial charge in [0.1, 0.15) is 6.17 Å². The molecular formula is C11H12FN3. The minimum atomic E-state index is -1.15. The van der Waals surface area contributed by atoms with E-state index in [9.17, 15) is 4.39 Å². The molecule has 0 aliphatic carbocycles. The number of rotatable bonds is 3. The molecule has 0 bridgehead atoms. The summed E-state index contributed by atoms with van der Waals surface area (Å²) in [6.45, 7) is -0.0156. The van der Waals surface area contributed by atoms with Crippen molar-refractivity contribution in [2.24, 2.45) is 5.73 Å². The Bertz CT molecular complexity index is 425. The topological polar surface area (TPSA) is 43.8 Å². The fourth-order valence-corrected chi connectivity index (χ4v) is 1.50. The third-order valence-corrected chi connectivity index (χ3v) is 2.23. The summed E-state index contributed by atoms with van der Waals surface area (Å²) in [5.41, 5.74) is 6.63. The Morgan fingerprint density at radius 3 is 2.80 bits per heavy atom. The Morgan fingerprint density at radius 2 is 2.13 bits per heavy atom. The van der Waals surface area contributed by atoms with Crippen molar-refractivity contribution in [2.75, 3.05) is 6.54 Å². The van der Waals surface area contributed by atoms with Gasteiger partial charge in [0.2, 0.25) is 0 Å². The second kappa shape index (κ2) is 4.23. The Balaban J connectivity index is 2.47. The van der Waals surface area contributed by atoms with Gasteiger partial charge in [0.15, 0.2) is 0 Å². The number of hydrogen-bond donors (Lipinski definition) is 1. The molecule has 0 fully saturated rings. The Labute approximate surface area is 87.3 Å². The van der Waals surface area contributed by atoms with E-state index >= 15 is 0 Å². The van der Waals surface area contributed by atoms with Crippen molar-refractivity contribution in [1.82, 2.24) is 9.78 Å². The monoisotopic (exact) mass is 205 g/mol. The van der Waals surface area contributed by atoms with Gasteiger partial charge in [0, 0.05) is 24.5 Å². The summed E-state index contributed by atoms with van der Waals surface area (Å²) in [4.78, 5) is 0. The lowest BCUT2D eigenvalue weighted by atomic mass is 10.1. The quantitative estimate of drug-likeness (QED) is 0.830. The maximum Gasteiger partial charge on any atom is 0.139 e. The average Bonchev–Trinajstić information content (AvgIpc) is 2.81. The molecule has 1 unspecified atom stereocenters. The third-order valence-electron chi connectivity index (χ3n) is 2.23. The van der Waals surface area contributed by atoms with Gasteiger partial charge in [-0.25, -0.2) is 9.07 Å². The number of halogens is 1. The van der Waals surface area contributed by atoms with E-state index in [1.165, 1.54) is 0 Å². The molecule has 1 atom stereocenters. The van der Waals surface area contributed by atoms with Gasteiger partial charge in [-0.05, 0) is 12.1 Å². The van der Waals surface area contributed by atoms with Crippen molar-refractivity contribution < 1.29 is 4.39 Å². The third kappa shape index (κ3) is 1.89. The van der Waals surface area contributed by atoms with Gasteiger partial charge in [0.05, 0.1) is 5.69 Å². The SMILES string of the molecule is NCC(F)c1ccccc1-n1cccn1. The zero-order valence-corrected chi connectivity index (χ0v) is 8.18. The molecule has 15 heavy (non-hydrogen) atoms. The van der Waals surface area contributed by atoms with Crippen LogP contribution in [-0.2, 0) is 0 Å². The van der Waals surface area contributed by atoms with Crippen LogP contribution in [0.4, 0.5) is 4.39 Å². The van der Waals surface area contributed by atoms with Crippen molar-refractivity contribution in [3.63, 3.8) is 0 Å². The van der Waals surface area contributed by atoms with Crippen molar-refractivity contribution in [3.8, 4) is 5.69 Å². The molecule has 2 N–H and O–H groups in total. The van der Waals surface area contributed by atoms with Crippen LogP contribution in [0.2, 0.25) is 0 Å². The average molecular weight is 205 g/mol. The van der Waals surface area contributed by atoms with Crippen molar-refractivity contribution in [2.45, 2.75) is 6.17 Å². The zero-order chi connectivity index (χ0) is 10.7. The van der Waals surface area contributed by atoms with Crippen LogP contribution < -0.4 is 5.73 Å². The van der Waals surface area contributed by atoms with Gasteiger partial charge in [0.25, 0.3) is 0 Å². The molecule has 0 amide bonds. The molecule has 1 aromatic heterocycles. The summed E-state index contributed by atoms with van der Waals surface area (Å²) in [6, 6.07) is 9.00. The van der Waals surface area contributed by atoms with E-state index in [1.54, 1.807) is 35.3 Å². The maximum absolute atomic E-state index is 13.6. The van der Waals surface area contributed by atoms with Crippen molar-refractivity contribution in [1.29, 1.82) is 0 Å². The first kappa shape index (κ1) is 9.86. The molecule has 0 spiro atoms. The standard InChI is InChI=1S/C11H12FN3/c12-10(8-13)9-4-1-2-5-11(9)15-7-3-6-14-15/h1-7,10H,8,13H2. The highest BCUT2D eigenvalue weighted by atomic mass is 19.1. The molecule has 2 aromatic rings. The van der Waals surface area contributed by atoms with E-state index in [-0.39, 0.29) is 6.54 Å². The lowest BCUT2D eigenvalue weighted by Crippen LogP contribution is -2.11. The number of benzene rings is 1. The lowest BCUT2D eigenvalue weighted by molar-refractivity contribution is 0.352. The molecule has 2 rings (SSSR count). The number of nitrogens with two attached hydrogens (primary N) is 1. The molecule has 78 valence electrons. The molecule has 0 saturated heterocycles. The molecular weight excluding hydrogens is 193 g/mol. The Kier molecular flexibility index (Phi) is 2.78. The first-order chi connectivity index (χ1) is 7.33. The first-order valence-electron chi connectivity index (χ1n) is 4.76. The number of nitrogens with zero attached hydrogens (tertiary/aromatic N) is 2. The number of hydrogen-bond acceptors (Lipinski definition) is 2. The first-order valence-corrected chi connectivity index (χ1v) is 4.76. The molecule has 0 saturated carbocycles. The van der Waals surface area contributed by atoms with Gasteiger partial charge in [-0.1, -0.05) is 18.2 Å². The van der Waals surface area contributed by atoms with E-state index in [0.29, 0.717) is 5.56 Å². The highest BCUT2D eigenvalue weighted by Gasteiger charge is 2.12. The van der Waals surface area contributed by atoms with Crippen LogP contribution >= 0.6 is 0 Å². The molecule has 3 nitrogen and oxygen atoms in total. The predicted octanol–water partition coefficient (Wildman–Crippen LogP) is 1.84. The van der Waals surface area contributed by atoms with Crippen LogP contribution in [0, 0.1) is 0 Å². The van der Waals surface area contributed by atoms with Crippen LogP contribution in [0.25, 0.3) is 5.69 Å². The smallest absolute Gasteiger partial charge is 0.139 e. The van der Waals surface area contributed by atoms with Crippen LogP contribution in [0.3, 0.4) is 0 Å². The van der Waals surface area contributed by atoms with Gasteiger partial charge < -0.3 is 5.73 Å². The molecule has 0 aliphatic rings. The van der Waals surface area contributed by atoms with Gasteiger partial charge in [-0.15, -0.1) is 0 Å². The minimum absolute atomic E-state index is 0.0156. The fourth-order valence-electron chi connectivity index (χ4n) is 1.50. The Morgan fingerprint density at radius 1 is 1.33 bits per heavy atom. The number of aromatic nitrogens is 2. The van der Waals surface area contributed by atoms with Crippen LogP contribution in [0.15, 0.2) is 42.7 Å². The number of alkyl halides is 1. The summed E-state index contributed by atoms with van der Waals surface area (Å²) in [6.07, 6.45) is 2.29. The normalized spacial score (nSPS) is 12.7. The van der Waals surface area contributed by atoms with Crippen LogP contribution in [-0.4, -0.2) is 16.3 Å². The summed E-state index contributed by atoms with van der Waals surface area (Å²) in [7, 11) is 0.